The summed E-state index contributed by atoms with van der Waals surface area (Å²) < 4.78 is 1.55. The number of carbonyl (C=O) groups is 1. The van der Waals surface area contributed by atoms with E-state index in [9.17, 15) is 9.90 Å². The van der Waals surface area contributed by atoms with Crippen molar-refractivity contribution in [2.75, 3.05) is 6.61 Å². The fourth-order valence-electron chi connectivity index (χ4n) is 2.66. The topological polar surface area (TPSA) is 67.5 Å². The lowest BCUT2D eigenvalue weighted by molar-refractivity contribution is 0.0992. The van der Waals surface area contributed by atoms with Gasteiger partial charge in [0.15, 0.2) is 11.4 Å². The highest BCUT2D eigenvalue weighted by atomic mass is 35.5. The Morgan fingerprint density at radius 2 is 1.92 bits per heavy atom. The minimum atomic E-state index is -0.332. The van der Waals surface area contributed by atoms with Gasteiger partial charge in [-0.3, -0.25) is 4.79 Å². The molecule has 0 radical (unpaired) electrons. The fraction of sp³-hybridized carbons (Fsp3) is 0.316. The largest absolute Gasteiger partial charge is 0.395 e. The molecule has 25 heavy (non-hydrogen) atoms. The molecule has 0 fully saturated rings. The molecule has 0 spiro atoms. The second-order valence-electron chi connectivity index (χ2n) is 6.85. The quantitative estimate of drug-likeness (QED) is 0.561. The van der Waals surface area contributed by atoms with Gasteiger partial charge in [-0.1, -0.05) is 49.7 Å². The highest BCUT2D eigenvalue weighted by Crippen LogP contribution is 2.23. The highest BCUT2D eigenvalue weighted by Gasteiger charge is 2.19. The van der Waals surface area contributed by atoms with Gasteiger partial charge in [0.2, 0.25) is 0 Å². The average molecular weight is 358 g/mol. The van der Waals surface area contributed by atoms with E-state index in [2.05, 4.69) is 10.1 Å². The molecule has 5 nitrogen and oxygen atoms in total. The number of aryl methyl sites for hydroxylation is 1. The Kier molecular flexibility index (Phi) is 4.62. The van der Waals surface area contributed by atoms with Crippen molar-refractivity contribution in [2.24, 2.45) is 0 Å². The third-order valence-corrected chi connectivity index (χ3v) is 4.55. The number of aliphatic hydroxyl groups is 1. The number of aliphatic hydroxyl groups excluding tert-OH is 1. The summed E-state index contributed by atoms with van der Waals surface area (Å²) in [5, 5.41) is 14.1. The Hall–Kier alpha value is -2.24. The second-order valence-corrected chi connectivity index (χ2v) is 7.23. The summed E-state index contributed by atoms with van der Waals surface area (Å²) in [5.41, 5.74) is 3.33. The van der Waals surface area contributed by atoms with E-state index in [-0.39, 0.29) is 24.2 Å². The van der Waals surface area contributed by atoms with Crippen LogP contribution >= 0.6 is 11.6 Å². The van der Waals surface area contributed by atoms with E-state index in [1.165, 1.54) is 0 Å². The first-order valence-electron chi connectivity index (χ1n) is 8.06. The number of benzene rings is 1. The highest BCUT2D eigenvalue weighted by molar-refractivity contribution is 6.29. The molecule has 2 heterocycles. The number of hydrogen-bond acceptors (Lipinski definition) is 4. The van der Waals surface area contributed by atoms with Crippen molar-refractivity contribution in [2.45, 2.75) is 32.6 Å². The van der Waals surface area contributed by atoms with Gasteiger partial charge in [-0.15, -0.1) is 0 Å². The number of hydrogen-bond donors (Lipinski definition) is 1. The molecule has 3 aromatic rings. The first kappa shape index (κ1) is 17.6. The molecule has 0 amide bonds. The molecule has 0 unspecified atom stereocenters. The van der Waals surface area contributed by atoms with Crippen LogP contribution in [0.25, 0.3) is 5.65 Å². The number of ketones is 1. The monoisotopic (exact) mass is 357 g/mol. The van der Waals surface area contributed by atoms with Crippen molar-refractivity contribution in [3.63, 3.8) is 0 Å². The van der Waals surface area contributed by atoms with Crippen LogP contribution in [0.2, 0.25) is 5.15 Å². The molecule has 0 bridgehead atoms. The normalized spacial score (nSPS) is 11.9. The van der Waals surface area contributed by atoms with Gasteiger partial charge in [0.1, 0.15) is 5.15 Å². The van der Waals surface area contributed by atoms with Gasteiger partial charge in [-0.2, -0.15) is 5.10 Å². The Labute approximate surface area is 151 Å². The molecule has 0 aliphatic rings. The van der Waals surface area contributed by atoms with Gasteiger partial charge in [0.25, 0.3) is 0 Å². The van der Waals surface area contributed by atoms with Crippen molar-refractivity contribution in [3.05, 3.63) is 64.1 Å². The molecule has 1 N–H and O–H groups in total. The Morgan fingerprint density at radius 3 is 2.56 bits per heavy atom. The smallest absolute Gasteiger partial charge is 0.168 e. The number of aromatic nitrogens is 3. The maximum atomic E-state index is 12.5. The number of rotatable bonds is 5. The first-order valence-corrected chi connectivity index (χ1v) is 8.44. The first-order chi connectivity index (χ1) is 11.8. The van der Waals surface area contributed by atoms with Crippen LogP contribution in [0.15, 0.2) is 36.4 Å². The second kappa shape index (κ2) is 6.58. The average Bonchev–Trinajstić information content (AvgIpc) is 2.96. The number of carbonyl (C=O) groups excluding carboxylic acids is 1. The van der Waals surface area contributed by atoms with Crippen molar-refractivity contribution in [1.82, 2.24) is 14.6 Å². The molecular weight excluding hydrogens is 338 g/mol. The summed E-state index contributed by atoms with van der Waals surface area (Å²) in [6.07, 6.45) is 0.170. The van der Waals surface area contributed by atoms with Crippen LogP contribution in [-0.4, -0.2) is 32.1 Å². The van der Waals surface area contributed by atoms with Crippen molar-refractivity contribution in [1.29, 1.82) is 0 Å². The minimum Gasteiger partial charge on any atom is -0.395 e. The van der Waals surface area contributed by atoms with Crippen molar-refractivity contribution in [3.8, 4) is 0 Å². The zero-order valence-corrected chi connectivity index (χ0v) is 15.2. The lowest BCUT2D eigenvalue weighted by Crippen LogP contribution is -2.22. The van der Waals surface area contributed by atoms with Crippen LogP contribution in [0, 0.1) is 6.92 Å². The number of halogens is 1. The van der Waals surface area contributed by atoms with Gasteiger partial charge >= 0.3 is 0 Å². The van der Waals surface area contributed by atoms with Gasteiger partial charge in [-0.05, 0) is 18.6 Å². The Balaban J connectivity index is 1.82. The fourth-order valence-corrected chi connectivity index (χ4v) is 2.91. The molecule has 2 aromatic heterocycles. The Morgan fingerprint density at radius 1 is 1.24 bits per heavy atom. The predicted molar refractivity (Wildman–Crippen MR) is 97.3 cm³/mol. The van der Waals surface area contributed by atoms with E-state index >= 15 is 0 Å². The lowest BCUT2D eigenvalue weighted by Gasteiger charge is -2.22. The number of Topliss-reactive ketones (excluding diaryl/α,β-unsaturated/α-hetero) is 1. The zero-order valence-electron chi connectivity index (χ0n) is 14.5. The molecule has 130 valence electrons. The van der Waals surface area contributed by atoms with Gasteiger partial charge in [0, 0.05) is 17.0 Å². The van der Waals surface area contributed by atoms with E-state index in [0.29, 0.717) is 22.1 Å². The summed E-state index contributed by atoms with van der Waals surface area (Å²) in [5.74, 6) is -0.0301. The molecule has 0 saturated heterocycles. The molecule has 0 aliphatic carbocycles. The maximum absolute atomic E-state index is 12.5. The van der Waals surface area contributed by atoms with E-state index in [1.54, 1.807) is 22.7 Å². The minimum absolute atomic E-state index is 0.0301. The van der Waals surface area contributed by atoms with Crippen LogP contribution in [0.1, 0.15) is 41.2 Å². The molecule has 0 aliphatic heterocycles. The standard InChI is InChI=1S/C19H20ClN3O2/c1-12-8-18-21-15(10-17(20)23(18)22-12)9-16(25)13-4-6-14(7-5-13)19(2,3)11-24/h4-8,10,24H,9,11H2,1-3H3. The summed E-state index contributed by atoms with van der Waals surface area (Å²) in [6, 6.07) is 10.8. The van der Waals surface area contributed by atoms with Crippen molar-refractivity contribution >= 4 is 23.0 Å². The summed E-state index contributed by atoms with van der Waals surface area (Å²) in [6.45, 7) is 5.83. The zero-order chi connectivity index (χ0) is 18.2. The van der Waals surface area contributed by atoms with E-state index < -0.39 is 0 Å². The number of nitrogens with zero attached hydrogens (tertiary/aromatic N) is 3. The molecule has 1 aromatic carbocycles. The molecule has 3 rings (SSSR count). The Bertz CT molecular complexity index is 930. The molecule has 0 saturated carbocycles. The van der Waals surface area contributed by atoms with Crippen LogP contribution in [0.3, 0.4) is 0 Å². The van der Waals surface area contributed by atoms with Crippen LogP contribution in [0.4, 0.5) is 0 Å². The SMILES string of the molecule is Cc1cc2nc(CC(=O)c3ccc(C(C)(C)CO)cc3)cc(Cl)n2n1. The third-order valence-electron chi connectivity index (χ3n) is 4.28. The summed E-state index contributed by atoms with van der Waals surface area (Å²) in [7, 11) is 0. The molecule has 6 heteroatoms. The summed E-state index contributed by atoms with van der Waals surface area (Å²) in [4.78, 5) is 17.0. The van der Waals surface area contributed by atoms with Crippen LogP contribution < -0.4 is 0 Å². The summed E-state index contributed by atoms with van der Waals surface area (Å²) >= 11 is 6.22. The number of fused-ring (bicyclic) bond motifs is 1. The van der Waals surface area contributed by atoms with E-state index in [1.807, 2.05) is 39.0 Å². The maximum Gasteiger partial charge on any atom is 0.168 e. The lowest BCUT2D eigenvalue weighted by atomic mass is 9.85. The van der Waals surface area contributed by atoms with Crippen molar-refractivity contribution < 1.29 is 9.90 Å². The predicted octanol–water partition coefficient (Wildman–Crippen LogP) is 3.39. The van der Waals surface area contributed by atoms with Crippen LogP contribution in [0.5, 0.6) is 0 Å². The van der Waals surface area contributed by atoms with E-state index in [0.717, 1.165) is 11.3 Å². The van der Waals surface area contributed by atoms with Gasteiger partial charge < -0.3 is 5.11 Å². The van der Waals surface area contributed by atoms with Gasteiger partial charge in [-0.25, -0.2) is 9.50 Å². The molecule has 0 atom stereocenters. The van der Waals surface area contributed by atoms with Gasteiger partial charge in [0.05, 0.1) is 24.4 Å². The molecular formula is C19H20ClN3O2. The third kappa shape index (κ3) is 3.57. The van der Waals surface area contributed by atoms with E-state index in [4.69, 9.17) is 11.6 Å². The van der Waals surface area contributed by atoms with Crippen LogP contribution in [-0.2, 0) is 11.8 Å².